The van der Waals surface area contributed by atoms with Crippen molar-refractivity contribution in [1.82, 2.24) is 19.7 Å². The molecule has 2 heterocycles. The highest BCUT2D eigenvalue weighted by Gasteiger charge is 2.13. The van der Waals surface area contributed by atoms with Crippen LogP contribution in [-0.4, -0.2) is 31.9 Å². The zero-order chi connectivity index (χ0) is 14.7. The number of carbonyl (C=O) groups is 1. The van der Waals surface area contributed by atoms with Crippen molar-refractivity contribution >= 4 is 45.2 Å². The summed E-state index contributed by atoms with van der Waals surface area (Å²) >= 11 is 2.98. The predicted octanol–water partition coefficient (Wildman–Crippen LogP) is 2.39. The molecule has 1 N–H and O–H groups in total. The summed E-state index contributed by atoms with van der Waals surface area (Å²) in [6.45, 7) is 0.218. The van der Waals surface area contributed by atoms with Crippen LogP contribution in [0, 0.1) is 0 Å². The lowest BCUT2D eigenvalue weighted by Crippen LogP contribution is -2.20. The first-order valence-electron chi connectivity index (χ1n) is 6.27. The van der Waals surface area contributed by atoms with Crippen LogP contribution in [0.5, 0.6) is 0 Å². The van der Waals surface area contributed by atoms with Crippen molar-refractivity contribution < 1.29 is 4.79 Å². The fourth-order valence-electron chi connectivity index (χ4n) is 2.07. The minimum Gasteiger partial charge on any atom is -0.318 e. The molecule has 108 valence electrons. The number of para-hydroxylation sites is 2. The van der Waals surface area contributed by atoms with E-state index in [0.717, 1.165) is 22.6 Å². The van der Waals surface area contributed by atoms with Crippen molar-refractivity contribution in [3.05, 3.63) is 35.6 Å². The molecule has 0 aliphatic carbocycles. The molecule has 0 saturated heterocycles. The summed E-state index contributed by atoms with van der Waals surface area (Å²) in [5.74, 6) is 1.54. The van der Waals surface area contributed by atoms with Gasteiger partial charge < -0.3 is 4.57 Å². The van der Waals surface area contributed by atoms with Crippen molar-refractivity contribution in [2.45, 2.75) is 12.3 Å². The highest BCUT2D eigenvalue weighted by atomic mass is 32.2. The normalized spacial score (nSPS) is 10.9. The Morgan fingerprint density at radius 3 is 3.05 bits per heavy atom. The second-order valence-corrected chi connectivity index (χ2v) is 6.03. The maximum absolute atomic E-state index is 12.2. The molecule has 21 heavy (non-hydrogen) atoms. The number of fused-ring (bicyclic) bond motifs is 1. The zero-order valence-electron chi connectivity index (χ0n) is 11.3. The van der Waals surface area contributed by atoms with Crippen LogP contribution in [0.15, 0.2) is 29.8 Å². The lowest BCUT2D eigenvalue weighted by Gasteiger charge is -2.07. The molecule has 0 aliphatic heterocycles. The Morgan fingerprint density at radius 1 is 1.43 bits per heavy atom. The fraction of sp³-hybridized carbons (Fsp3) is 0.231. The minimum atomic E-state index is -0.128. The summed E-state index contributed by atoms with van der Waals surface area (Å²) in [6.07, 6.45) is 2.02. The van der Waals surface area contributed by atoms with E-state index in [1.165, 1.54) is 11.3 Å². The topological polar surface area (TPSA) is 72.7 Å². The molecule has 1 aromatic carbocycles. The van der Waals surface area contributed by atoms with E-state index in [-0.39, 0.29) is 12.5 Å². The van der Waals surface area contributed by atoms with Gasteiger partial charge >= 0.3 is 0 Å². The Hall–Kier alpha value is -1.93. The Kier molecular flexibility index (Phi) is 4.16. The number of carbonyl (C=O) groups excluding carboxylic acids is 1. The van der Waals surface area contributed by atoms with Gasteiger partial charge in [-0.25, -0.2) is 4.98 Å². The average Bonchev–Trinajstić information content (AvgIpc) is 3.08. The summed E-state index contributed by atoms with van der Waals surface area (Å²) in [7, 11) is 0. The molecule has 3 rings (SSSR count). The van der Waals surface area contributed by atoms with Gasteiger partial charge in [0.25, 0.3) is 0 Å². The number of hydrogen-bond acceptors (Lipinski definition) is 6. The standard InChI is InChI=1S/C13H13N5OS2/c1-20-7-11-15-9-4-2-3-5-10(9)18(11)6-12(19)16-13-17-14-8-21-13/h2-5,8H,6-7H2,1H3,(H,16,17,19). The van der Waals surface area contributed by atoms with E-state index in [1.807, 2.05) is 35.1 Å². The lowest BCUT2D eigenvalue weighted by molar-refractivity contribution is -0.116. The number of aromatic nitrogens is 4. The quantitative estimate of drug-likeness (QED) is 0.782. The number of thioether (sulfide) groups is 1. The van der Waals surface area contributed by atoms with Gasteiger partial charge in [0.15, 0.2) is 0 Å². The van der Waals surface area contributed by atoms with Crippen molar-refractivity contribution in [1.29, 1.82) is 0 Å². The third-order valence-electron chi connectivity index (χ3n) is 2.92. The number of nitrogens with one attached hydrogen (secondary N) is 1. The Labute approximate surface area is 129 Å². The molecule has 0 aliphatic rings. The van der Waals surface area contributed by atoms with Gasteiger partial charge in [0.2, 0.25) is 11.0 Å². The monoisotopic (exact) mass is 319 g/mol. The van der Waals surface area contributed by atoms with Gasteiger partial charge in [-0.3, -0.25) is 10.1 Å². The average molecular weight is 319 g/mol. The van der Waals surface area contributed by atoms with Gasteiger partial charge in [-0.2, -0.15) is 11.8 Å². The Balaban J connectivity index is 1.87. The van der Waals surface area contributed by atoms with Crippen molar-refractivity contribution in [3.8, 4) is 0 Å². The first-order valence-corrected chi connectivity index (χ1v) is 8.54. The molecule has 1 amide bonds. The van der Waals surface area contributed by atoms with Gasteiger partial charge in [0, 0.05) is 0 Å². The van der Waals surface area contributed by atoms with Gasteiger partial charge in [-0.05, 0) is 18.4 Å². The smallest absolute Gasteiger partial charge is 0.246 e. The predicted molar refractivity (Wildman–Crippen MR) is 85.5 cm³/mol. The number of anilines is 1. The first kappa shape index (κ1) is 14.0. The number of benzene rings is 1. The number of nitrogens with zero attached hydrogens (tertiary/aromatic N) is 4. The highest BCUT2D eigenvalue weighted by Crippen LogP contribution is 2.19. The Morgan fingerprint density at radius 2 is 2.29 bits per heavy atom. The molecular formula is C13H13N5OS2. The van der Waals surface area contributed by atoms with Crippen molar-refractivity contribution in [2.24, 2.45) is 0 Å². The van der Waals surface area contributed by atoms with Crippen LogP contribution in [-0.2, 0) is 17.1 Å². The zero-order valence-corrected chi connectivity index (χ0v) is 12.9. The van der Waals surface area contributed by atoms with E-state index in [0.29, 0.717) is 5.13 Å². The number of hydrogen-bond donors (Lipinski definition) is 1. The van der Waals surface area contributed by atoms with Gasteiger partial charge in [0.1, 0.15) is 17.9 Å². The molecule has 8 heteroatoms. The fourth-order valence-corrected chi connectivity index (χ4v) is 3.01. The number of amides is 1. The molecule has 0 radical (unpaired) electrons. The number of imidazole rings is 1. The molecule has 0 spiro atoms. The summed E-state index contributed by atoms with van der Waals surface area (Å²) < 4.78 is 1.95. The molecule has 2 aromatic heterocycles. The highest BCUT2D eigenvalue weighted by molar-refractivity contribution is 7.97. The van der Waals surface area contributed by atoms with Crippen LogP contribution >= 0.6 is 23.1 Å². The first-order chi connectivity index (χ1) is 10.3. The summed E-state index contributed by atoms with van der Waals surface area (Å²) in [4.78, 5) is 16.7. The maximum Gasteiger partial charge on any atom is 0.246 e. The van der Waals surface area contributed by atoms with Crippen LogP contribution < -0.4 is 5.32 Å². The molecule has 6 nitrogen and oxygen atoms in total. The molecule has 0 bridgehead atoms. The molecule has 0 saturated carbocycles. The van der Waals surface area contributed by atoms with E-state index in [1.54, 1.807) is 17.3 Å². The van der Waals surface area contributed by atoms with Crippen molar-refractivity contribution in [2.75, 3.05) is 11.6 Å². The molecule has 0 atom stereocenters. The maximum atomic E-state index is 12.2. The van der Waals surface area contributed by atoms with Gasteiger partial charge in [0.05, 0.1) is 16.8 Å². The SMILES string of the molecule is CSCc1nc2ccccc2n1CC(=O)Nc1nncs1. The van der Waals surface area contributed by atoms with E-state index in [2.05, 4.69) is 20.5 Å². The van der Waals surface area contributed by atoms with E-state index >= 15 is 0 Å². The molecule has 0 unspecified atom stereocenters. The summed E-state index contributed by atoms with van der Waals surface area (Å²) in [5, 5.41) is 10.8. The van der Waals surface area contributed by atoms with Crippen LogP contribution in [0.2, 0.25) is 0 Å². The third kappa shape index (κ3) is 3.06. The lowest BCUT2D eigenvalue weighted by atomic mass is 10.3. The summed E-state index contributed by atoms with van der Waals surface area (Å²) in [6, 6.07) is 7.83. The van der Waals surface area contributed by atoms with E-state index in [9.17, 15) is 4.79 Å². The third-order valence-corrected chi connectivity index (χ3v) is 4.07. The van der Waals surface area contributed by atoms with Crippen LogP contribution in [0.3, 0.4) is 0 Å². The minimum absolute atomic E-state index is 0.128. The summed E-state index contributed by atoms with van der Waals surface area (Å²) in [5.41, 5.74) is 3.46. The van der Waals surface area contributed by atoms with Crippen molar-refractivity contribution in [3.63, 3.8) is 0 Å². The van der Waals surface area contributed by atoms with Crippen LogP contribution in [0.1, 0.15) is 5.82 Å². The van der Waals surface area contributed by atoms with Crippen LogP contribution in [0.25, 0.3) is 11.0 Å². The Bertz CT molecular complexity index is 753. The van der Waals surface area contributed by atoms with Gasteiger partial charge in [-0.1, -0.05) is 23.5 Å². The van der Waals surface area contributed by atoms with E-state index in [4.69, 9.17) is 0 Å². The van der Waals surface area contributed by atoms with Crippen LogP contribution in [0.4, 0.5) is 5.13 Å². The second-order valence-electron chi connectivity index (χ2n) is 4.33. The molecule has 3 aromatic rings. The largest absolute Gasteiger partial charge is 0.318 e. The molecular weight excluding hydrogens is 306 g/mol. The second kappa shape index (κ2) is 6.23. The van der Waals surface area contributed by atoms with E-state index < -0.39 is 0 Å². The van der Waals surface area contributed by atoms with Gasteiger partial charge in [-0.15, -0.1) is 10.2 Å². The molecule has 0 fully saturated rings. The number of rotatable bonds is 5.